The highest BCUT2D eigenvalue weighted by atomic mass is 16.3. The van der Waals surface area contributed by atoms with Crippen LogP contribution in [-0.4, -0.2) is 36.8 Å². The van der Waals surface area contributed by atoms with Crippen molar-refractivity contribution in [3.63, 3.8) is 0 Å². The molecule has 0 aliphatic carbocycles. The molecule has 1 unspecified atom stereocenters. The molecule has 108 valence electrons. The standard InChI is InChI=1S/C14H30N2O2/c1-4-6-13(8-10-17)11-16-14(18)7-5-9-15-12(2)3/h12-13,15,17H,4-11H2,1-3H3,(H,16,18). The summed E-state index contributed by atoms with van der Waals surface area (Å²) in [6.07, 6.45) is 4.40. The molecule has 4 nitrogen and oxygen atoms in total. The van der Waals surface area contributed by atoms with E-state index in [-0.39, 0.29) is 12.5 Å². The van der Waals surface area contributed by atoms with Crippen LogP contribution in [0.2, 0.25) is 0 Å². The Labute approximate surface area is 112 Å². The zero-order chi connectivity index (χ0) is 13.8. The van der Waals surface area contributed by atoms with Crippen molar-refractivity contribution in [3.8, 4) is 0 Å². The van der Waals surface area contributed by atoms with Gasteiger partial charge in [-0.05, 0) is 31.7 Å². The maximum atomic E-state index is 11.6. The van der Waals surface area contributed by atoms with Crippen LogP contribution in [0.1, 0.15) is 52.9 Å². The van der Waals surface area contributed by atoms with E-state index in [0.717, 1.165) is 32.2 Å². The average Bonchev–Trinajstić information content (AvgIpc) is 2.32. The Hall–Kier alpha value is -0.610. The number of aliphatic hydroxyl groups is 1. The highest BCUT2D eigenvalue weighted by molar-refractivity contribution is 5.75. The lowest BCUT2D eigenvalue weighted by Gasteiger charge is -2.15. The van der Waals surface area contributed by atoms with E-state index in [1.807, 2.05) is 0 Å². The normalized spacial score (nSPS) is 12.7. The summed E-state index contributed by atoms with van der Waals surface area (Å²) >= 11 is 0. The summed E-state index contributed by atoms with van der Waals surface area (Å²) in [6.45, 7) is 8.13. The molecule has 0 aromatic rings. The smallest absolute Gasteiger partial charge is 0.220 e. The molecule has 0 aromatic heterocycles. The van der Waals surface area contributed by atoms with Crippen molar-refractivity contribution in [1.82, 2.24) is 10.6 Å². The molecule has 0 spiro atoms. The van der Waals surface area contributed by atoms with Crippen molar-refractivity contribution < 1.29 is 9.90 Å². The number of hydrogen-bond acceptors (Lipinski definition) is 3. The molecule has 0 fully saturated rings. The summed E-state index contributed by atoms with van der Waals surface area (Å²) in [5, 5.41) is 15.2. The van der Waals surface area contributed by atoms with Crippen LogP contribution in [0.4, 0.5) is 0 Å². The Morgan fingerprint density at radius 3 is 2.56 bits per heavy atom. The van der Waals surface area contributed by atoms with Gasteiger partial charge in [0.05, 0.1) is 0 Å². The van der Waals surface area contributed by atoms with Gasteiger partial charge in [-0.2, -0.15) is 0 Å². The third kappa shape index (κ3) is 10.5. The van der Waals surface area contributed by atoms with Crippen LogP contribution in [0, 0.1) is 5.92 Å². The van der Waals surface area contributed by atoms with Gasteiger partial charge in [-0.1, -0.05) is 27.2 Å². The van der Waals surface area contributed by atoms with E-state index in [1.54, 1.807) is 0 Å². The molecule has 3 N–H and O–H groups in total. The summed E-state index contributed by atoms with van der Waals surface area (Å²) in [5.74, 6) is 0.539. The summed E-state index contributed by atoms with van der Waals surface area (Å²) in [4.78, 5) is 11.6. The van der Waals surface area contributed by atoms with Crippen LogP contribution in [0.15, 0.2) is 0 Å². The third-order valence-electron chi connectivity index (χ3n) is 2.96. The van der Waals surface area contributed by atoms with Gasteiger partial charge in [0.25, 0.3) is 0 Å². The van der Waals surface area contributed by atoms with Gasteiger partial charge in [-0.15, -0.1) is 0 Å². The lowest BCUT2D eigenvalue weighted by molar-refractivity contribution is -0.121. The van der Waals surface area contributed by atoms with Crippen LogP contribution in [0.5, 0.6) is 0 Å². The van der Waals surface area contributed by atoms with Crippen LogP contribution in [0.25, 0.3) is 0 Å². The number of rotatable bonds is 11. The Bertz CT molecular complexity index is 202. The van der Waals surface area contributed by atoms with E-state index in [4.69, 9.17) is 5.11 Å². The van der Waals surface area contributed by atoms with Gasteiger partial charge < -0.3 is 15.7 Å². The minimum absolute atomic E-state index is 0.125. The van der Waals surface area contributed by atoms with Crippen molar-refractivity contribution in [2.75, 3.05) is 19.7 Å². The van der Waals surface area contributed by atoms with Gasteiger partial charge in [-0.3, -0.25) is 4.79 Å². The zero-order valence-corrected chi connectivity index (χ0v) is 12.2. The van der Waals surface area contributed by atoms with E-state index >= 15 is 0 Å². The molecule has 0 bridgehead atoms. The quantitative estimate of drug-likeness (QED) is 0.494. The maximum Gasteiger partial charge on any atom is 0.220 e. The SMILES string of the molecule is CCCC(CCO)CNC(=O)CCCNC(C)C. The second-order valence-electron chi connectivity index (χ2n) is 5.18. The first-order chi connectivity index (χ1) is 8.60. The predicted molar refractivity (Wildman–Crippen MR) is 75.5 cm³/mol. The molecule has 0 heterocycles. The van der Waals surface area contributed by atoms with Crippen molar-refractivity contribution in [2.45, 2.75) is 58.9 Å². The number of aliphatic hydroxyl groups excluding tert-OH is 1. The Balaban J connectivity index is 3.60. The van der Waals surface area contributed by atoms with Crippen molar-refractivity contribution in [2.24, 2.45) is 5.92 Å². The molecule has 0 aromatic carbocycles. The first kappa shape index (κ1) is 17.4. The summed E-state index contributed by atoms with van der Waals surface area (Å²) in [6, 6.07) is 0.478. The average molecular weight is 258 g/mol. The van der Waals surface area contributed by atoms with E-state index in [9.17, 15) is 4.79 Å². The summed E-state index contributed by atoms with van der Waals surface area (Å²) < 4.78 is 0. The van der Waals surface area contributed by atoms with Crippen molar-refractivity contribution in [3.05, 3.63) is 0 Å². The maximum absolute atomic E-state index is 11.6. The molecule has 1 amide bonds. The van der Waals surface area contributed by atoms with Crippen molar-refractivity contribution in [1.29, 1.82) is 0 Å². The monoisotopic (exact) mass is 258 g/mol. The van der Waals surface area contributed by atoms with E-state index in [2.05, 4.69) is 31.4 Å². The molecule has 0 radical (unpaired) electrons. The lowest BCUT2D eigenvalue weighted by Crippen LogP contribution is -2.31. The molecular formula is C14H30N2O2. The number of carbonyl (C=O) groups is 1. The van der Waals surface area contributed by atoms with E-state index in [1.165, 1.54) is 0 Å². The molecule has 0 aliphatic rings. The van der Waals surface area contributed by atoms with Gasteiger partial charge >= 0.3 is 0 Å². The van der Waals surface area contributed by atoms with Gasteiger partial charge in [0.15, 0.2) is 0 Å². The van der Waals surface area contributed by atoms with Gasteiger partial charge in [0, 0.05) is 25.6 Å². The second-order valence-corrected chi connectivity index (χ2v) is 5.18. The molecule has 0 saturated carbocycles. The first-order valence-corrected chi connectivity index (χ1v) is 7.21. The number of nitrogens with one attached hydrogen (secondary N) is 2. The fraction of sp³-hybridized carbons (Fsp3) is 0.929. The van der Waals surface area contributed by atoms with Crippen LogP contribution in [0.3, 0.4) is 0 Å². The minimum atomic E-state index is 0.125. The first-order valence-electron chi connectivity index (χ1n) is 7.21. The van der Waals surface area contributed by atoms with Crippen molar-refractivity contribution >= 4 is 5.91 Å². The van der Waals surface area contributed by atoms with Crippen LogP contribution >= 0.6 is 0 Å². The molecule has 0 saturated heterocycles. The summed E-state index contributed by atoms with van der Waals surface area (Å²) in [7, 11) is 0. The highest BCUT2D eigenvalue weighted by Gasteiger charge is 2.09. The Morgan fingerprint density at radius 2 is 2.00 bits per heavy atom. The number of hydrogen-bond donors (Lipinski definition) is 3. The number of amides is 1. The molecule has 4 heteroatoms. The third-order valence-corrected chi connectivity index (χ3v) is 2.96. The highest BCUT2D eigenvalue weighted by Crippen LogP contribution is 2.09. The number of carbonyl (C=O) groups excluding carboxylic acids is 1. The van der Waals surface area contributed by atoms with Gasteiger partial charge in [-0.25, -0.2) is 0 Å². The zero-order valence-electron chi connectivity index (χ0n) is 12.2. The lowest BCUT2D eigenvalue weighted by atomic mass is 10.0. The minimum Gasteiger partial charge on any atom is -0.396 e. The predicted octanol–water partition coefficient (Wildman–Crippen LogP) is 1.68. The van der Waals surface area contributed by atoms with Gasteiger partial charge in [0.1, 0.15) is 0 Å². The topological polar surface area (TPSA) is 61.4 Å². The molecule has 0 rings (SSSR count). The fourth-order valence-electron chi connectivity index (χ4n) is 1.93. The van der Waals surface area contributed by atoms with E-state index in [0.29, 0.717) is 24.9 Å². The van der Waals surface area contributed by atoms with Gasteiger partial charge in [0.2, 0.25) is 5.91 Å². The van der Waals surface area contributed by atoms with Crippen LogP contribution < -0.4 is 10.6 Å². The molecule has 0 aliphatic heterocycles. The fourth-order valence-corrected chi connectivity index (χ4v) is 1.93. The second kappa shape index (κ2) is 11.5. The Kier molecular flexibility index (Phi) is 11.1. The van der Waals surface area contributed by atoms with E-state index < -0.39 is 0 Å². The molecular weight excluding hydrogens is 228 g/mol. The van der Waals surface area contributed by atoms with Crippen LogP contribution in [-0.2, 0) is 4.79 Å². The summed E-state index contributed by atoms with van der Waals surface area (Å²) in [5.41, 5.74) is 0. The Morgan fingerprint density at radius 1 is 1.28 bits per heavy atom. The molecule has 18 heavy (non-hydrogen) atoms. The molecule has 1 atom stereocenters. The largest absolute Gasteiger partial charge is 0.396 e.